The van der Waals surface area contributed by atoms with Crippen molar-refractivity contribution in [1.82, 2.24) is 0 Å². The molecule has 0 bridgehead atoms. The maximum Gasteiger partial charge on any atom is 0.303 e. The number of non-ortho nitro benzene ring substituents is 1. The van der Waals surface area contributed by atoms with E-state index in [9.17, 15) is 20.2 Å². The first-order chi connectivity index (χ1) is 8.96. The Labute approximate surface area is 109 Å². The number of hydrogen-bond acceptors (Lipinski definition) is 6. The fourth-order valence-electron chi connectivity index (χ4n) is 1.84. The average Bonchev–Trinajstić information content (AvgIpc) is 2.39. The van der Waals surface area contributed by atoms with Gasteiger partial charge in [0.15, 0.2) is 11.4 Å². The summed E-state index contributed by atoms with van der Waals surface area (Å²) in [7, 11) is 1.33. The van der Waals surface area contributed by atoms with Crippen LogP contribution in [0.5, 0.6) is 5.75 Å². The molecular weight excluding hydrogens is 254 g/mol. The Balaban J connectivity index is 3.57. The zero-order chi connectivity index (χ0) is 14.6. The number of hydrogen-bond donors (Lipinski definition) is 0. The average molecular weight is 269 g/mol. The fourth-order valence-corrected chi connectivity index (χ4v) is 1.84. The number of nitrogens with zero attached hydrogens (tertiary/aromatic N) is 3. The Bertz CT molecular complexity index is 499. The van der Waals surface area contributed by atoms with E-state index in [-0.39, 0.29) is 22.8 Å². The van der Waals surface area contributed by atoms with Gasteiger partial charge in [-0.1, -0.05) is 0 Å². The minimum absolute atomic E-state index is 0.129. The molecule has 0 saturated heterocycles. The molecule has 104 valence electrons. The SMILES string of the molecule is CCN(CC)c1c(OC)cc([N+](=O)[O-])cc1[N+](=O)[O-]. The molecule has 1 rings (SSSR count). The van der Waals surface area contributed by atoms with Gasteiger partial charge in [0, 0.05) is 13.1 Å². The Morgan fingerprint density at radius 3 is 2.11 bits per heavy atom. The summed E-state index contributed by atoms with van der Waals surface area (Å²) in [6.07, 6.45) is 0. The molecule has 0 radical (unpaired) electrons. The number of ether oxygens (including phenoxy) is 1. The molecule has 0 N–H and O–H groups in total. The van der Waals surface area contributed by atoms with Crippen molar-refractivity contribution in [3.8, 4) is 5.75 Å². The molecule has 19 heavy (non-hydrogen) atoms. The molecule has 0 heterocycles. The molecule has 1 aromatic carbocycles. The zero-order valence-corrected chi connectivity index (χ0v) is 11.0. The second kappa shape index (κ2) is 5.98. The van der Waals surface area contributed by atoms with Gasteiger partial charge in [0.05, 0.1) is 29.1 Å². The molecular formula is C11H15N3O5. The van der Waals surface area contributed by atoms with Gasteiger partial charge in [0.1, 0.15) is 0 Å². The second-order valence-corrected chi connectivity index (χ2v) is 3.70. The van der Waals surface area contributed by atoms with Crippen molar-refractivity contribution >= 4 is 17.1 Å². The van der Waals surface area contributed by atoms with E-state index in [1.807, 2.05) is 13.8 Å². The van der Waals surface area contributed by atoms with Gasteiger partial charge in [0.25, 0.3) is 5.69 Å². The number of methoxy groups -OCH3 is 1. The molecule has 1 aromatic rings. The Kier molecular flexibility index (Phi) is 4.62. The normalized spacial score (nSPS) is 10.1. The second-order valence-electron chi connectivity index (χ2n) is 3.70. The van der Waals surface area contributed by atoms with Gasteiger partial charge in [-0.3, -0.25) is 20.2 Å². The minimum Gasteiger partial charge on any atom is -0.494 e. The van der Waals surface area contributed by atoms with Crippen LogP contribution in [0.2, 0.25) is 0 Å². The summed E-state index contributed by atoms with van der Waals surface area (Å²) in [5.41, 5.74) is -0.419. The standard InChI is InChI=1S/C11H15N3O5/c1-4-12(5-2)11-9(14(17)18)6-8(13(15)16)7-10(11)19-3/h6-7H,4-5H2,1-3H3. The molecule has 0 unspecified atom stereocenters. The maximum atomic E-state index is 11.1. The van der Waals surface area contributed by atoms with Gasteiger partial charge >= 0.3 is 5.69 Å². The van der Waals surface area contributed by atoms with E-state index in [1.54, 1.807) is 4.90 Å². The van der Waals surface area contributed by atoms with Crippen LogP contribution in [0.25, 0.3) is 0 Å². The number of nitro groups is 2. The van der Waals surface area contributed by atoms with Crippen LogP contribution in [0.4, 0.5) is 17.1 Å². The predicted molar refractivity (Wildman–Crippen MR) is 69.9 cm³/mol. The van der Waals surface area contributed by atoms with Crippen LogP contribution in [0, 0.1) is 20.2 Å². The topological polar surface area (TPSA) is 98.8 Å². The molecule has 0 aliphatic carbocycles. The fraction of sp³-hybridized carbons (Fsp3) is 0.455. The van der Waals surface area contributed by atoms with E-state index in [0.717, 1.165) is 6.07 Å². The van der Waals surface area contributed by atoms with E-state index in [1.165, 1.54) is 13.2 Å². The zero-order valence-electron chi connectivity index (χ0n) is 11.0. The molecule has 0 fully saturated rings. The van der Waals surface area contributed by atoms with Crippen molar-refractivity contribution < 1.29 is 14.6 Å². The summed E-state index contributed by atoms with van der Waals surface area (Å²) in [4.78, 5) is 22.3. The van der Waals surface area contributed by atoms with E-state index < -0.39 is 9.85 Å². The Morgan fingerprint density at radius 2 is 1.74 bits per heavy atom. The molecule has 0 amide bonds. The van der Waals surface area contributed by atoms with Crippen LogP contribution in [-0.2, 0) is 0 Å². The monoisotopic (exact) mass is 269 g/mol. The van der Waals surface area contributed by atoms with Crippen molar-refractivity contribution in [3.05, 3.63) is 32.4 Å². The summed E-state index contributed by atoms with van der Waals surface area (Å²) in [5, 5.41) is 21.9. The summed E-state index contributed by atoms with van der Waals surface area (Å²) >= 11 is 0. The van der Waals surface area contributed by atoms with Crippen molar-refractivity contribution in [1.29, 1.82) is 0 Å². The van der Waals surface area contributed by atoms with Crippen LogP contribution in [0.15, 0.2) is 12.1 Å². The van der Waals surface area contributed by atoms with Crippen molar-refractivity contribution in [2.45, 2.75) is 13.8 Å². The first kappa shape index (κ1) is 14.7. The molecule has 8 heteroatoms. The molecule has 8 nitrogen and oxygen atoms in total. The summed E-state index contributed by atoms with van der Waals surface area (Å²) in [5.74, 6) is 0.129. The number of anilines is 1. The highest BCUT2D eigenvalue weighted by molar-refractivity contribution is 5.75. The number of nitro benzene ring substituents is 2. The van der Waals surface area contributed by atoms with Gasteiger partial charge in [-0.05, 0) is 13.8 Å². The number of rotatable bonds is 6. The lowest BCUT2D eigenvalue weighted by atomic mass is 10.2. The van der Waals surface area contributed by atoms with Gasteiger partial charge in [-0.15, -0.1) is 0 Å². The first-order valence-corrected chi connectivity index (χ1v) is 5.71. The van der Waals surface area contributed by atoms with Crippen LogP contribution in [0.1, 0.15) is 13.8 Å². The quantitative estimate of drug-likeness (QED) is 0.580. The van der Waals surface area contributed by atoms with Crippen molar-refractivity contribution in [2.24, 2.45) is 0 Å². The largest absolute Gasteiger partial charge is 0.494 e. The smallest absolute Gasteiger partial charge is 0.303 e. The van der Waals surface area contributed by atoms with Crippen LogP contribution < -0.4 is 9.64 Å². The minimum atomic E-state index is -0.679. The molecule has 0 saturated carbocycles. The third-order valence-corrected chi connectivity index (χ3v) is 2.75. The molecule has 0 aliphatic heterocycles. The van der Waals surface area contributed by atoms with Gasteiger partial charge in [-0.25, -0.2) is 0 Å². The van der Waals surface area contributed by atoms with Gasteiger partial charge in [0.2, 0.25) is 0 Å². The highest BCUT2D eigenvalue weighted by Gasteiger charge is 2.27. The lowest BCUT2D eigenvalue weighted by Crippen LogP contribution is -2.23. The summed E-state index contributed by atoms with van der Waals surface area (Å²) in [6.45, 7) is 4.75. The maximum absolute atomic E-state index is 11.1. The molecule has 0 spiro atoms. The summed E-state index contributed by atoms with van der Waals surface area (Å²) < 4.78 is 5.06. The van der Waals surface area contributed by atoms with Gasteiger partial charge < -0.3 is 9.64 Å². The van der Waals surface area contributed by atoms with E-state index >= 15 is 0 Å². The van der Waals surface area contributed by atoms with Crippen LogP contribution >= 0.6 is 0 Å². The summed E-state index contributed by atoms with van der Waals surface area (Å²) in [6, 6.07) is 2.15. The lowest BCUT2D eigenvalue weighted by Gasteiger charge is -2.22. The highest BCUT2D eigenvalue weighted by Crippen LogP contribution is 2.40. The third-order valence-electron chi connectivity index (χ3n) is 2.75. The van der Waals surface area contributed by atoms with Crippen LogP contribution in [0.3, 0.4) is 0 Å². The third kappa shape index (κ3) is 2.90. The first-order valence-electron chi connectivity index (χ1n) is 5.71. The van der Waals surface area contributed by atoms with Gasteiger partial charge in [-0.2, -0.15) is 0 Å². The molecule has 0 aromatic heterocycles. The highest BCUT2D eigenvalue weighted by atomic mass is 16.6. The lowest BCUT2D eigenvalue weighted by molar-refractivity contribution is -0.393. The van der Waals surface area contributed by atoms with E-state index in [4.69, 9.17) is 4.74 Å². The van der Waals surface area contributed by atoms with E-state index in [2.05, 4.69) is 0 Å². The molecule has 0 atom stereocenters. The predicted octanol–water partition coefficient (Wildman–Crippen LogP) is 2.36. The van der Waals surface area contributed by atoms with Crippen molar-refractivity contribution in [3.63, 3.8) is 0 Å². The Hall–Kier alpha value is -2.38. The van der Waals surface area contributed by atoms with Crippen LogP contribution in [-0.4, -0.2) is 30.0 Å². The van der Waals surface area contributed by atoms with E-state index in [0.29, 0.717) is 13.1 Å². The Morgan fingerprint density at radius 1 is 1.16 bits per heavy atom. The number of benzene rings is 1. The van der Waals surface area contributed by atoms with Crippen molar-refractivity contribution in [2.75, 3.05) is 25.1 Å². The molecule has 0 aliphatic rings.